The molecule has 0 unspecified atom stereocenters. The second kappa shape index (κ2) is 5.58. The Kier molecular flexibility index (Phi) is 3.86. The Hall–Kier alpha value is -1.70. The van der Waals surface area contributed by atoms with Gasteiger partial charge in [-0.3, -0.25) is 10.1 Å². The van der Waals surface area contributed by atoms with E-state index in [9.17, 15) is 4.79 Å². The Balaban J connectivity index is 1.99. The maximum absolute atomic E-state index is 11.6. The molecule has 1 aromatic carbocycles. The van der Waals surface area contributed by atoms with Crippen LogP contribution in [0.2, 0.25) is 0 Å². The van der Waals surface area contributed by atoms with Gasteiger partial charge in [-0.1, -0.05) is 18.1 Å². The van der Waals surface area contributed by atoms with Gasteiger partial charge in [0, 0.05) is 0 Å². The van der Waals surface area contributed by atoms with Crippen molar-refractivity contribution in [3.05, 3.63) is 29.3 Å². The average Bonchev–Trinajstić information content (AvgIpc) is 2.71. The summed E-state index contributed by atoms with van der Waals surface area (Å²) in [5.41, 5.74) is 0.955. The summed E-state index contributed by atoms with van der Waals surface area (Å²) in [7, 11) is 0. The van der Waals surface area contributed by atoms with E-state index in [0.717, 1.165) is 15.2 Å². The molecule has 0 radical (unpaired) electrons. The monoisotopic (exact) mass is 244 g/mol. The van der Waals surface area contributed by atoms with E-state index in [-0.39, 0.29) is 5.78 Å². The Morgan fingerprint density at radius 2 is 2.29 bits per heavy atom. The van der Waals surface area contributed by atoms with Crippen molar-refractivity contribution in [2.75, 3.05) is 13.1 Å². The Labute approximate surface area is 104 Å². The lowest BCUT2D eigenvalue weighted by atomic mass is 10.3. The van der Waals surface area contributed by atoms with Gasteiger partial charge in [0.1, 0.15) is 5.01 Å². The minimum Gasteiger partial charge on any atom is -0.299 e. The fourth-order valence-electron chi connectivity index (χ4n) is 1.50. The summed E-state index contributed by atoms with van der Waals surface area (Å²) in [6.07, 6.45) is 5.46. The number of nitrogens with one attached hydrogen (secondary N) is 1. The molecule has 0 aliphatic rings. The van der Waals surface area contributed by atoms with Crippen molar-refractivity contribution in [3.8, 4) is 12.3 Å². The lowest BCUT2D eigenvalue weighted by Gasteiger charge is -1.97. The van der Waals surface area contributed by atoms with Crippen LogP contribution in [0.4, 0.5) is 0 Å². The highest BCUT2D eigenvalue weighted by molar-refractivity contribution is 7.18. The number of rotatable bonds is 5. The van der Waals surface area contributed by atoms with Crippen molar-refractivity contribution in [2.45, 2.75) is 6.42 Å². The Bertz CT molecular complexity index is 535. The third kappa shape index (κ3) is 3.13. The summed E-state index contributed by atoms with van der Waals surface area (Å²) in [5.74, 6) is 2.54. The van der Waals surface area contributed by atoms with E-state index in [0.29, 0.717) is 19.5 Å². The van der Waals surface area contributed by atoms with Crippen LogP contribution < -0.4 is 5.32 Å². The zero-order valence-corrected chi connectivity index (χ0v) is 10.1. The number of ketones is 1. The SMILES string of the molecule is C#CCNCC(=O)Cc1nc2ccccc2s1. The highest BCUT2D eigenvalue weighted by Crippen LogP contribution is 2.21. The van der Waals surface area contributed by atoms with Gasteiger partial charge in [0.2, 0.25) is 0 Å². The molecule has 1 N–H and O–H groups in total. The number of thiazole rings is 1. The van der Waals surface area contributed by atoms with Gasteiger partial charge in [0.15, 0.2) is 5.78 Å². The third-order valence-corrected chi connectivity index (χ3v) is 3.27. The lowest BCUT2D eigenvalue weighted by Crippen LogP contribution is -2.24. The standard InChI is InChI=1S/C13H12N2OS/c1-2-7-14-9-10(16)8-13-15-11-5-3-4-6-12(11)17-13/h1,3-6,14H,7-9H2. The molecule has 0 fully saturated rings. The summed E-state index contributed by atoms with van der Waals surface area (Å²) >= 11 is 1.56. The summed E-state index contributed by atoms with van der Waals surface area (Å²) in [6, 6.07) is 7.89. The van der Waals surface area contributed by atoms with Crippen molar-refractivity contribution in [1.82, 2.24) is 10.3 Å². The van der Waals surface area contributed by atoms with Crippen LogP contribution in [0, 0.1) is 12.3 Å². The number of hydrogen-bond donors (Lipinski definition) is 1. The van der Waals surface area contributed by atoms with Crippen LogP contribution in [0.25, 0.3) is 10.2 Å². The van der Waals surface area contributed by atoms with E-state index in [1.165, 1.54) is 0 Å². The number of para-hydroxylation sites is 1. The van der Waals surface area contributed by atoms with Crippen LogP contribution in [0.5, 0.6) is 0 Å². The summed E-state index contributed by atoms with van der Waals surface area (Å²) in [4.78, 5) is 16.0. The largest absolute Gasteiger partial charge is 0.299 e. The molecule has 1 heterocycles. The molecule has 2 aromatic rings. The number of carbonyl (C=O) groups is 1. The highest BCUT2D eigenvalue weighted by atomic mass is 32.1. The lowest BCUT2D eigenvalue weighted by molar-refractivity contribution is -0.117. The number of terminal acetylenes is 1. The van der Waals surface area contributed by atoms with Gasteiger partial charge in [-0.05, 0) is 12.1 Å². The summed E-state index contributed by atoms with van der Waals surface area (Å²) < 4.78 is 1.12. The molecule has 0 saturated heterocycles. The zero-order valence-electron chi connectivity index (χ0n) is 9.27. The van der Waals surface area contributed by atoms with E-state index in [4.69, 9.17) is 6.42 Å². The third-order valence-electron chi connectivity index (χ3n) is 2.24. The Morgan fingerprint density at radius 1 is 1.47 bits per heavy atom. The van der Waals surface area contributed by atoms with Crippen LogP contribution in [0.1, 0.15) is 5.01 Å². The maximum Gasteiger partial charge on any atom is 0.153 e. The quantitative estimate of drug-likeness (QED) is 0.642. The normalized spacial score (nSPS) is 10.3. The minimum atomic E-state index is 0.110. The first kappa shape index (κ1) is 11.8. The predicted octanol–water partition coefficient (Wildman–Crippen LogP) is 1.63. The van der Waals surface area contributed by atoms with Crippen LogP contribution >= 0.6 is 11.3 Å². The summed E-state index contributed by atoms with van der Waals surface area (Å²) in [6.45, 7) is 0.728. The molecule has 0 spiro atoms. The molecule has 0 bridgehead atoms. The van der Waals surface area contributed by atoms with Gasteiger partial charge in [-0.15, -0.1) is 17.8 Å². The van der Waals surface area contributed by atoms with Crippen molar-refractivity contribution >= 4 is 27.3 Å². The highest BCUT2D eigenvalue weighted by Gasteiger charge is 2.08. The Morgan fingerprint density at radius 3 is 3.06 bits per heavy atom. The first-order valence-electron chi connectivity index (χ1n) is 5.30. The van der Waals surface area contributed by atoms with Gasteiger partial charge in [0.25, 0.3) is 0 Å². The molecule has 17 heavy (non-hydrogen) atoms. The molecule has 0 atom stereocenters. The van der Waals surface area contributed by atoms with Gasteiger partial charge >= 0.3 is 0 Å². The van der Waals surface area contributed by atoms with Gasteiger partial charge < -0.3 is 0 Å². The van der Waals surface area contributed by atoms with Crippen LogP contribution in [-0.4, -0.2) is 23.9 Å². The summed E-state index contributed by atoms with van der Waals surface area (Å²) in [5, 5.41) is 3.74. The van der Waals surface area contributed by atoms with Crippen molar-refractivity contribution in [3.63, 3.8) is 0 Å². The maximum atomic E-state index is 11.6. The molecule has 4 heteroatoms. The smallest absolute Gasteiger partial charge is 0.153 e. The molecule has 2 rings (SSSR count). The fraction of sp³-hybridized carbons (Fsp3) is 0.231. The number of nitrogens with zero attached hydrogens (tertiary/aromatic N) is 1. The number of hydrogen-bond acceptors (Lipinski definition) is 4. The molecule has 0 saturated carbocycles. The van der Waals surface area contributed by atoms with Crippen molar-refractivity contribution in [2.24, 2.45) is 0 Å². The number of carbonyl (C=O) groups excluding carboxylic acids is 1. The molecule has 1 aromatic heterocycles. The van der Waals surface area contributed by atoms with Crippen LogP contribution in [-0.2, 0) is 11.2 Å². The molecular formula is C13H12N2OS. The van der Waals surface area contributed by atoms with Gasteiger partial charge in [-0.25, -0.2) is 4.98 Å². The molecule has 0 aliphatic carbocycles. The second-order valence-corrected chi connectivity index (χ2v) is 4.71. The molecule has 0 amide bonds. The van der Waals surface area contributed by atoms with Crippen LogP contribution in [0.15, 0.2) is 24.3 Å². The molecule has 86 valence electrons. The van der Waals surface area contributed by atoms with E-state index < -0.39 is 0 Å². The van der Waals surface area contributed by atoms with E-state index in [1.54, 1.807) is 11.3 Å². The molecular weight excluding hydrogens is 232 g/mol. The first-order valence-corrected chi connectivity index (χ1v) is 6.11. The van der Waals surface area contributed by atoms with Gasteiger partial charge in [0.05, 0.1) is 29.7 Å². The number of benzene rings is 1. The van der Waals surface area contributed by atoms with Crippen LogP contribution in [0.3, 0.4) is 0 Å². The van der Waals surface area contributed by atoms with Crippen molar-refractivity contribution < 1.29 is 4.79 Å². The fourth-order valence-corrected chi connectivity index (χ4v) is 2.50. The van der Waals surface area contributed by atoms with E-state index in [2.05, 4.69) is 16.2 Å². The topological polar surface area (TPSA) is 42.0 Å². The van der Waals surface area contributed by atoms with Gasteiger partial charge in [-0.2, -0.15) is 0 Å². The molecule has 0 aliphatic heterocycles. The number of aromatic nitrogens is 1. The second-order valence-electron chi connectivity index (χ2n) is 3.60. The number of Topliss-reactive ketones (excluding diaryl/α,β-unsaturated/α-hetero) is 1. The van der Waals surface area contributed by atoms with Crippen molar-refractivity contribution in [1.29, 1.82) is 0 Å². The zero-order chi connectivity index (χ0) is 12.1. The van der Waals surface area contributed by atoms with E-state index in [1.807, 2.05) is 24.3 Å². The first-order chi connectivity index (χ1) is 8.29. The average molecular weight is 244 g/mol. The predicted molar refractivity (Wildman–Crippen MR) is 70.0 cm³/mol. The van der Waals surface area contributed by atoms with E-state index >= 15 is 0 Å². The minimum absolute atomic E-state index is 0.110. The number of fused-ring (bicyclic) bond motifs is 1. The molecule has 3 nitrogen and oxygen atoms in total.